The molecule has 4 heterocycles. The van der Waals surface area contributed by atoms with Crippen LogP contribution in [0.5, 0.6) is 17.2 Å². The lowest BCUT2D eigenvalue weighted by Gasteiger charge is -2.32. The van der Waals surface area contributed by atoms with Gasteiger partial charge in [-0.05, 0) is 78.7 Å². The first-order chi connectivity index (χ1) is 32.8. The maximum atomic E-state index is 14.4. The molecule has 19 heteroatoms. The van der Waals surface area contributed by atoms with Crippen LogP contribution < -0.4 is 24.2 Å². The van der Waals surface area contributed by atoms with Gasteiger partial charge < -0.3 is 24.4 Å². The molecule has 3 aromatic heterocycles. The summed E-state index contributed by atoms with van der Waals surface area (Å²) in [6, 6.07) is 24.9. The van der Waals surface area contributed by atoms with Crippen molar-refractivity contribution in [3.05, 3.63) is 137 Å². The molecule has 0 aliphatic carbocycles. The number of carbonyl (C=O) groups excluding carboxylic acids is 1. The Morgan fingerprint density at radius 3 is 2.37 bits per heavy atom. The molecule has 0 spiro atoms. The van der Waals surface area contributed by atoms with Crippen molar-refractivity contribution < 1.29 is 31.8 Å². The zero-order chi connectivity index (χ0) is 48.0. The zero-order valence-corrected chi connectivity index (χ0v) is 39.9. The van der Waals surface area contributed by atoms with E-state index in [1.54, 1.807) is 66.5 Å². The lowest BCUT2D eigenvalue weighted by molar-refractivity contribution is -0.120. The minimum atomic E-state index is -4.23. The molecule has 0 bridgehead atoms. The Kier molecular flexibility index (Phi) is 14.8. The number of anilines is 1. The first-order valence-electron chi connectivity index (χ1n) is 21.9. The van der Waals surface area contributed by atoms with Crippen molar-refractivity contribution in [2.45, 2.75) is 26.0 Å². The third-order valence-electron chi connectivity index (χ3n) is 11.8. The second kappa shape index (κ2) is 21.1. The van der Waals surface area contributed by atoms with Gasteiger partial charge in [-0.15, -0.1) is 0 Å². The minimum Gasteiger partial charge on any atom is -0.496 e. The molecule has 0 saturated carbocycles. The average molecular weight is 964 g/mol. The van der Waals surface area contributed by atoms with Gasteiger partial charge in [0.25, 0.3) is 5.91 Å². The summed E-state index contributed by atoms with van der Waals surface area (Å²) in [5.74, 6) is 0.994. The third-order valence-corrected chi connectivity index (χ3v) is 13.7. The molecule has 1 atom stereocenters. The highest BCUT2D eigenvalue weighted by Gasteiger charge is 2.29. The molecule has 68 heavy (non-hydrogen) atoms. The van der Waals surface area contributed by atoms with Gasteiger partial charge in [-0.25, -0.2) is 28.6 Å². The highest BCUT2D eigenvalue weighted by Crippen LogP contribution is 2.44. The zero-order valence-electron chi connectivity index (χ0n) is 38.3. The molecule has 7 aromatic rings. The quantitative estimate of drug-likeness (QED) is 0.0925. The maximum absolute atomic E-state index is 14.4. The Hall–Kier alpha value is -6.70. The predicted molar refractivity (Wildman–Crippen MR) is 260 cm³/mol. The number of ether oxygens (including phenoxy) is 3. The number of aromatic nitrogens is 5. The van der Waals surface area contributed by atoms with Crippen LogP contribution >= 0.6 is 11.6 Å². The number of rotatable bonds is 18. The molecule has 1 fully saturated rings. The van der Waals surface area contributed by atoms with Gasteiger partial charge in [0.05, 0.1) is 23.4 Å². The van der Waals surface area contributed by atoms with E-state index in [-0.39, 0.29) is 18.8 Å². The summed E-state index contributed by atoms with van der Waals surface area (Å²) in [5, 5.41) is 8.25. The number of hydrogen-bond donors (Lipinski definition) is 2. The molecule has 4 aromatic carbocycles. The molecule has 1 amide bonds. The molecule has 16 nitrogen and oxygen atoms in total. The first-order valence-corrected chi connectivity index (χ1v) is 23.7. The standard InChI is InChI=1S/C49H52ClFN10O6S/c1-32-37(18-19-43(45(32)50)66-27-26-60-24-22-59(4)23-25-60)44-39(33-14-16-35(51)17-15-33)29-61-46(44)48(53-31-54-61)56-40(49(62)57-68(63,64)58(2)3)28-34-10-6-8-12-41(34)67-30-36-20-21-52-47(55-36)38-11-7-9-13-42(38)65-5/h6-21,29,31,40H,22-28,30H2,1-5H3,(H,57,62)(H,53,54,56). The lowest BCUT2D eigenvalue weighted by atomic mass is 9.94. The molecule has 8 rings (SSSR count). The van der Waals surface area contributed by atoms with E-state index in [4.69, 9.17) is 30.8 Å². The number of benzene rings is 4. The maximum Gasteiger partial charge on any atom is 0.303 e. The fourth-order valence-electron chi connectivity index (χ4n) is 7.92. The van der Waals surface area contributed by atoms with Crippen LogP contribution in [0.1, 0.15) is 16.8 Å². The van der Waals surface area contributed by atoms with E-state index >= 15 is 0 Å². The van der Waals surface area contributed by atoms with Gasteiger partial charge >= 0.3 is 10.2 Å². The number of likely N-dealkylation sites (N-methyl/N-ethyl adjacent to an activating group) is 1. The number of para-hydroxylation sites is 2. The van der Waals surface area contributed by atoms with Crippen LogP contribution in [0.25, 0.3) is 39.2 Å². The van der Waals surface area contributed by atoms with E-state index in [2.05, 4.69) is 42.0 Å². The molecule has 2 N–H and O–H groups in total. The largest absolute Gasteiger partial charge is 0.496 e. The molecular formula is C49H52ClFN10O6S. The third kappa shape index (κ3) is 10.8. The van der Waals surface area contributed by atoms with Crippen LogP contribution in [-0.2, 0) is 28.0 Å². The normalized spacial score (nSPS) is 13.9. The SMILES string of the molecule is COc1ccccc1-c1nccc(COc2ccccc2CC(Nc2ncnn3cc(-c4ccc(F)cc4)c(-c4ccc(OCCN5CCN(C)CC5)c(Cl)c4C)c23)C(=O)NS(=O)(=O)N(C)C)n1. The Morgan fingerprint density at radius 1 is 0.882 bits per heavy atom. The summed E-state index contributed by atoms with van der Waals surface area (Å²) in [4.78, 5) is 32.8. The van der Waals surface area contributed by atoms with Crippen LogP contribution in [-0.4, -0.2) is 127 Å². The minimum absolute atomic E-state index is 0.0508. The van der Waals surface area contributed by atoms with Crippen molar-refractivity contribution in [3.63, 3.8) is 0 Å². The van der Waals surface area contributed by atoms with Crippen molar-refractivity contribution >= 4 is 39.1 Å². The summed E-state index contributed by atoms with van der Waals surface area (Å²) >= 11 is 7.11. The highest BCUT2D eigenvalue weighted by molar-refractivity contribution is 7.87. The summed E-state index contributed by atoms with van der Waals surface area (Å²) in [5.41, 5.74) is 5.71. The monoisotopic (exact) mass is 962 g/mol. The summed E-state index contributed by atoms with van der Waals surface area (Å²) < 4.78 is 63.6. The van der Waals surface area contributed by atoms with E-state index in [0.717, 1.165) is 42.6 Å². The Balaban J connectivity index is 1.14. The Morgan fingerprint density at radius 2 is 1.62 bits per heavy atom. The van der Waals surface area contributed by atoms with Crippen LogP contribution in [0.4, 0.5) is 10.2 Å². The fourth-order valence-corrected chi connectivity index (χ4v) is 8.72. The van der Waals surface area contributed by atoms with Crippen LogP contribution in [0.15, 0.2) is 110 Å². The average Bonchev–Trinajstić information content (AvgIpc) is 3.73. The van der Waals surface area contributed by atoms with Crippen molar-refractivity contribution in [1.29, 1.82) is 0 Å². The van der Waals surface area contributed by atoms with Gasteiger partial charge in [-0.2, -0.15) is 17.8 Å². The van der Waals surface area contributed by atoms with Crippen molar-refractivity contribution in [2.24, 2.45) is 0 Å². The molecule has 1 saturated heterocycles. The van der Waals surface area contributed by atoms with Crippen molar-refractivity contribution in [1.82, 2.24) is 43.4 Å². The van der Waals surface area contributed by atoms with Crippen molar-refractivity contribution in [3.8, 4) is 50.9 Å². The van der Waals surface area contributed by atoms with Gasteiger partial charge in [-0.1, -0.05) is 60.1 Å². The van der Waals surface area contributed by atoms with Crippen LogP contribution in [0.3, 0.4) is 0 Å². The van der Waals surface area contributed by atoms with Crippen LogP contribution in [0.2, 0.25) is 5.02 Å². The molecule has 1 aliphatic heterocycles. The van der Waals surface area contributed by atoms with E-state index in [9.17, 15) is 17.6 Å². The lowest BCUT2D eigenvalue weighted by Crippen LogP contribution is -2.47. The van der Waals surface area contributed by atoms with E-state index in [1.165, 1.54) is 32.6 Å². The molecule has 1 unspecified atom stereocenters. The van der Waals surface area contributed by atoms with E-state index in [1.807, 2.05) is 43.3 Å². The van der Waals surface area contributed by atoms with Gasteiger partial charge in [-0.3, -0.25) is 9.69 Å². The Bertz CT molecular complexity index is 3020. The number of methoxy groups -OCH3 is 1. The Labute approximate surface area is 399 Å². The van der Waals surface area contributed by atoms with E-state index < -0.39 is 28.0 Å². The van der Waals surface area contributed by atoms with Gasteiger partial charge in [0.15, 0.2) is 11.6 Å². The number of amides is 1. The second-order valence-corrected chi connectivity index (χ2v) is 18.8. The number of nitrogens with zero attached hydrogens (tertiary/aromatic N) is 8. The topological polar surface area (TPSA) is 169 Å². The van der Waals surface area contributed by atoms with Crippen LogP contribution in [0, 0.1) is 12.7 Å². The van der Waals surface area contributed by atoms with E-state index in [0.29, 0.717) is 79.3 Å². The molecule has 354 valence electrons. The summed E-state index contributed by atoms with van der Waals surface area (Å²) in [6.45, 7) is 7.06. The first kappa shape index (κ1) is 47.8. The molecular weight excluding hydrogens is 911 g/mol. The second-order valence-electron chi connectivity index (χ2n) is 16.5. The number of fused-ring (bicyclic) bond motifs is 1. The highest BCUT2D eigenvalue weighted by atomic mass is 35.5. The smallest absolute Gasteiger partial charge is 0.303 e. The molecule has 0 radical (unpaired) electrons. The summed E-state index contributed by atoms with van der Waals surface area (Å²) in [7, 11) is 2.11. The summed E-state index contributed by atoms with van der Waals surface area (Å²) in [6.07, 6.45) is 4.71. The number of halogens is 2. The number of nitrogens with one attached hydrogen (secondary N) is 2. The van der Waals surface area contributed by atoms with Crippen molar-refractivity contribution in [2.75, 3.05) is 72.9 Å². The van der Waals surface area contributed by atoms with Gasteiger partial charge in [0, 0.05) is 76.8 Å². The van der Waals surface area contributed by atoms with Gasteiger partial charge in [0.2, 0.25) is 0 Å². The fraction of sp³-hybridized carbons (Fsp3) is 0.286. The number of piperazine rings is 1. The predicted octanol–water partition coefficient (Wildman–Crippen LogP) is 6.78. The molecule has 1 aliphatic rings. The number of hydrogen-bond acceptors (Lipinski definition) is 13. The van der Waals surface area contributed by atoms with Gasteiger partial charge in [0.1, 0.15) is 54.2 Å². The number of carbonyl (C=O) groups is 1.